The predicted molar refractivity (Wildman–Crippen MR) is 179 cm³/mol. The maximum absolute atomic E-state index is 13.6. The Balaban J connectivity index is 1.41. The molecule has 2 aliphatic heterocycles. The van der Waals surface area contributed by atoms with E-state index in [1.165, 1.54) is 17.2 Å². The Hall–Kier alpha value is -2.63. The minimum Gasteiger partial charge on any atom is -0.490 e. The Bertz CT molecular complexity index is 1590. The Morgan fingerprint density at radius 2 is 1.98 bits per heavy atom. The molecular formula is C35H46ClN3O6S. The van der Waals surface area contributed by atoms with Crippen molar-refractivity contribution < 1.29 is 27.4 Å². The number of ether oxygens (including phenoxy) is 3. The number of aryl methyl sites for hydroxylation is 1. The molecule has 2 bridgehead atoms. The standard InChI is InChI=1S/C35H46ClN3O6S/c1-34(2)33(40)37-46(41,42)27-11-14-32-30(20-27)39(22-35(23-44-32)15-5-7-24-19-26(36)10-13-29(24)35)21-25-9-12-28(25)31(8-6-17-45-34)43-18-16-38(3)4/h6,8,10-11,13-14,19-20,25,28,31H,5,7,9,12,15-18,21-23H2,1-4H3,(H,37,40)/b8-6-/t25-,28+,31+,35-/m0/s1. The van der Waals surface area contributed by atoms with E-state index in [-0.39, 0.29) is 28.9 Å². The topological polar surface area (TPSA) is 97.4 Å². The normalized spacial score (nSPS) is 29.5. The molecule has 46 heavy (non-hydrogen) atoms. The molecule has 1 spiro atoms. The number of hydrogen-bond donors (Lipinski definition) is 1. The van der Waals surface area contributed by atoms with Crippen LogP contribution in [0.4, 0.5) is 5.69 Å². The maximum Gasteiger partial charge on any atom is 0.265 e. The van der Waals surface area contributed by atoms with Gasteiger partial charge in [0.1, 0.15) is 11.4 Å². The second-order valence-electron chi connectivity index (χ2n) is 14.1. The molecule has 2 aromatic rings. The molecule has 4 atom stereocenters. The van der Waals surface area contributed by atoms with Crippen molar-refractivity contribution in [3.05, 3.63) is 64.7 Å². The van der Waals surface area contributed by atoms with E-state index >= 15 is 0 Å². The van der Waals surface area contributed by atoms with E-state index in [1.54, 1.807) is 26.0 Å². The van der Waals surface area contributed by atoms with Gasteiger partial charge in [-0.25, -0.2) is 13.1 Å². The summed E-state index contributed by atoms with van der Waals surface area (Å²) in [5, 5.41) is 0.731. The number of likely N-dealkylation sites (N-methyl/N-ethyl adjacent to an activating group) is 1. The first-order valence-corrected chi connectivity index (χ1v) is 18.2. The number of halogens is 1. The minimum absolute atomic E-state index is 0.0119. The van der Waals surface area contributed by atoms with Crippen LogP contribution in [0.5, 0.6) is 5.75 Å². The third-order valence-electron chi connectivity index (χ3n) is 10.2. The first-order valence-electron chi connectivity index (χ1n) is 16.3. The summed E-state index contributed by atoms with van der Waals surface area (Å²) in [5.74, 6) is 0.527. The van der Waals surface area contributed by atoms with Crippen LogP contribution in [0.2, 0.25) is 5.02 Å². The van der Waals surface area contributed by atoms with Crippen molar-refractivity contribution in [2.24, 2.45) is 11.8 Å². The van der Waals surface area contributed by atoms with Crippen LogP contribution >= 0.6 is 11.6 Å². The molecule has 4 aliphatic rings. The van der Waals surface area contributed by atoms with E-state index in [1.807, 2.05) is 26.2 Å². The number of anilines is 1. The van der Waals surface area contributed by atoms with Crippen molar-refractivity contribution in [2.45, 2.75) is 68.0 Å². The van der Waals surface area contributed by atoms with E-state index in [0.717, 1.165) is 55.9 Å². The summed E-state index contributed by atoms with van der Waals surface area (Å²) in [6.07, 6.45) is 8.87. The molecule has 11 heteroatoms. The van der Waals surface area contributed by atoms with Crippen LogP contribution < -0.4 is 14.4 Å². The number of rotatable bonds is 4. The summed E-state index contributed by atoms with van der Waals surface area (Å²) >= 11 is 6.43. The van der Waals surface area contributed by atoms with Crippen LogP contribution in [-0.2, 0) is 36.1 Å². The number of fused-ring (bicyclic) bond motifs is 4. The van der Waals surface area contributed by atoms with Crippen LogP contribution in [0, 0.1) is 11.8 Å². The molecule has 2 heterocycles. The van der Waals surface area contributed by atoms with Gasteiger partial charge >= 0.3 is 0 Å². The first kappa shape index (κ1) is 33.3. The van der Waals surface area contributed by atoms with Crippen molar-refractivity contribution in [3.63, 3.8) is 0 Å². The average molecular weight is 672 g/mol. The van der Waals surface area contributed by atoms with E-state index < -0.39 is 21.5 Å². The fourth-order valence-corrected chi connectivity index (χ4v) is 8.62. The molecule has 0 saturated heterocycles. The van der Waals surface area contributed by atoms with Gasteiger partial charge in [-0.3, -0.25) is 4.79 Å². The van der Waals surface area contributed by atoms with Crippen LogP contribution in [0.3, 0.4) is 0 Å². The van der Waals surface area contributed by atoms with Gasteiger partial charge in [-0.1, -0.05) is 29.8 Å². The van der Waals surface area contributed by atoms with Crippen molar-refractivity contribution in [2.75, 3.05) is 58.5 Å². The highest BCUT2D eigenvalue weighted by atomic mass is 35.5. The second kappa shape index (κ2) is 13.1. The molecule has 2 aliphatic carbocycles. The number of sulfonamides is 1. The highest BCUT2D eigenvalue weighted by molar-refractivity contribution is 7.90. The summed E-state index contributed by atoms with van der Waals surface area (Å²) < 4.78 is 48.4. The number of amides is 1. The third kappa shape index (κ3) is 6.83. The van der Waals surface area contributed by atoms with Gasteiger partial charge in [-0.2, -0.15) is 0 Å². The number of nitrogens with one attached hydrogen (secondary N) is 1. The molecule has 1 N–H and O–H groups in total. The minimum atomic E-state index is -4.18. The first-order chi connectivity index (χ1) is 21.9. The summed E-state index contributed by atoms with van der Waals surface area (Å²) in [4.78, 5) is 17.7. The molecule has 6 rings (SSSR count). The zero-order valence-electron chi connectivity index (χ0n) is 27.3. The molecule has 0 unspecified atom stereocenters. The SMILES string of the molecule is CN(C)CCO[C@@H]1/C=C\COC(C)(C)C(=O)NS(=O)(=O)c2ccc3c(c2)N(C[C@@H]2CC[C@H]21)C[C@@]1(CCCc2cc(Cl)ccc21)CO3. The maximum atomic E-state index is 13.6. The lowest BCUT2D eigenvalue weighted by molar-refractivity contribution is -0.139. The van der Waals surface area contributed by atoms with Crippen molar-refractivity contribution in [3.8, 4) is 5.75 Å². The Kier molecular flexibility index (Phi) is 9.48. The number of nitrogens with zero attached hydrogens (tertiary/aromatic N) is 2. The quantitative estimate of drug-likeness (QED) is 0.456. The van der Waals surface area contributed by atoms with E-state index in [9.17, 15) is 13.2 Å². The van der Waals surface area contributed by atoms with E-state index in [2.05, 4.69) is 32.7 Å². The Labute approximate surface area is 278 Å². The number of carbonyl (C=O) groups is 1. The van der Waals surface area contributed by atoms with Gasteiger partial charge in [0, 0.05) is 30.1 Å². The highest BCUT2D eigenvalue weighted by Gasteiger charge is 2.45. The van der Waals surface area contributed by atoms with Crippen molar-refractivity contribution in [1.29, 1.82) is 0 Å². The van der Waals surface area contributed by atoms with E-state index in [4.69, 9.17) is 25.8 Å². The fraction of sp³-hybridized carbons (Fsp3) is 0.571. The van der Waals surface area contributed by atoms with E-state index in [0.29, 0.717) is 31.4 Å². The van der Waals surface area contributed by atoms with Crippen molar-refractivity contribution in [1.82, 2.24) is 9.62 Å². The lowest BCUT2D eigenvalue weighted by Gasteiger charge is -2.46. The highest BCUT2D eigenvalue weighted by Crippen LogP contribution is 2.47. The fourth-order valence-electron chi connectivity index (χ4n) is 7.31. The van der Waals surface area contributed by atoms with Crippen LogP contribution in [0.1, 0.15) is 50.7 Å². The van der Waals surface area contributed by atoms with Crippen LogP contribution in [-0.4, -0.2) is 84.5 Å². The zero-order valence-corrected chi connectivity index (χ0v) is 28.8. The second-order valence-corrected chi connectivity index (χ2v) is 16.2. The number of carbonyl (C=O) groups excluding carboxylic acids is 1. The monoisotopic (exact) mass is 671 g/mol. The molecule has 9 nitrogen and oxygen atoms in total. The number of hydrogen-bond acceptors (Lipinski definition) is 8. The summed E-state index contributed by atoms with van der Waals surface area (Å²) in [5.41, 5.74) is 1.57. The molecule has 250 valence electrons. The van der Waals surface area contributed by atoms with Gasteiger partial charge in [-0.05, 0) is 113 Å². The average Bonchev–Trinajstić information content (AvgIpc) is 3.13. The van der Waals surface area contributed by atoms with Gasteiger partial charge in [0.05, 0.1) is 36.5 Å². The largest absolute Gasteiger partial charge is 0.490 e. The van der Waals surface area contributed by atoms with Gasteiger partial charge < -0.3 is 24.0 Å². The Morgan fingerprint density at radius 1 is 1.15 bits per heavy atom. The lowest BCUT2D eigenvalue weighted by atomic mass is 9.68. The molecular weight excluding hydrogens is 626 g/mol. The van der Waals surface area contributed by atoms with Gasteiger partial charge in [0.2, 0.25) is 0 Å². The van der Waals surface area contributed by atoms with Crippen LogP contribution in [0.25, 0.3) is 0 Å². The molecule has 1 fully saturated rings. The summed E-state index contributed by atoms with van der Waals surface area (Å²) in [6, 6.07) is 11.1. The van der Waals surface area contributed by atoms with Gasteiger partial charge in [-0.15, -0.1) is 0 Å². The lowest BCUT2D eigenvalue weighted by Crippen LogP contribution is -2.50. The van der Waals surface area contributed by atoms with Crippen LogP contribution in [0.15, 0.2) is 53.4 Å². The smallest absolute Gasteiger partial charge is 0.265 e. The summed E-state index contributed by atoms with van der Waals surface area (Å²) in [7, 11) is -0.117. The molecule has 1 amide bonds. The predicted octanol–water partition coefficient (Wildman–Crippen LogP) is 4.96. The molecule has 2 aromatic carbocycles. The molecule has 0 aromatic heterocycles. The zero-order chi connectivity index (χ0) is 32.7. The Morgan fingerprint density at radius 3 is 2.74 bits per heavy atom. The molecule has 0 radical (unpaired) electrons. The third-order valence-corrected chi connectivity index (χ3v) is 11.7. The van der Waals surface area contributed by atoms with Gasteiger partial charge in [0.15, 0.2) is 0 Å². The number of benzene rings is 2. The molecule has 1 saturated carbocycles. The summed E-state index contributed by atoms with van der Waals surface area (Å²) in [6.45, 7) is 6.59. The van der Waals surface area contributed by atoms with Gasteiger partial charge in [0.25, 0.3) is 15.9 Å². The van der Waals surface area contributed by atoms with Crippen molar-refractivity contribution >= 4 is 33.2 Å².